The Morgan fingerprint density at radius 3 is 2.45 bits per heavy atom. The van der Waals surface area contributed by atoms with Crippen LogP contribution < -0.4 is 5.32 Å². The number of fused-ring (bicyclic) bond motifs is 1. The molecule has 1 nitrogen and oxygen atoms in total. The second-order valence-electron chi connectivity index (χ2n) is 7.89. The summed E-state index contributed by atoms with van der Waals surface area (Å²) in [5.41, 5.74) is 3.19. The van der Waals surface area contributed by atoms with Crippen LogP contribution in [0.15, 0.2) is 24.3 Å². The zero-order chi connectivity index (χ0) is 14.2. The van der Waals surface area contributed by atoms with E-state index in [-0.39, 0.29) is 5.41 Å². The first-order valence-corrected chi connectivity index (χ1v) is 8.38. The fourth-order valence-corrected chi connectivity index (χ4v) is 3.99. The summed E-state index contributed by atoms with van der Waals surface area (Å²) in [6, 6.07) is 10.8. The summed E-state index contributed by atoms with van der Waals surface area (Å²) in [5, 5.41) is 3.91. The SMILES string of the molecule is CC(C)(C)c1ccc(CC2CCC3CCCC3N2)cc1. The maximum absolute atomic E-state index is 3.91. The molecule has 1 aromatic carbocycles. The van der Waals surface area contributed by atoms with Crippen molar-refractivity contribution in [3.05, 3.63) is 35.4 Å². The van der Waals surface area contributed by atoms with Crippen molar-refractivity contribution in [2.45, 2.75) is 76.8 Å². The van der Waals surface area contributed by atoms with Gasteiger partial charge < -0.3 is 5.32 Å². The van der Waals surface area contributed by atoms with E-state index >= 15 is 0 Å². The smallest absolute Gasteiger partial charge is 0.0110 e. The quantitative estimate of drug-likeness (QED) is 0.838. The van der Waals surface area contributed by atoms with Crippen molar-refractivity contribution in [1.29, 1.82) is 0 Å². The monoisotopic (exact) mass is 271 g/mol. The number of hydrogen-bond donors (Lipinski definition) is 1. The molecule has 3 atom stereocenters. The molecule has 3 unspecified atom stereocenters. The first kappa shape index (κ1) is 14.1. The molecule has 0 aromatic heterocycles. The van der Waals surface area contributed by atoms with Crippen LogP contribution in [0.1, 0.15) is 64.0 Å². The van der Waals surface area contributed by atoms with E-state index in [0.29, 0.717) is 6.04 Å². The molecule has 2 aliphatic rings. The summed E-state index contributed by atoms with van der Waals surface area (Å²) in [6.45, 7) is 6.85. The van der Waals surface area contributed by atoms with Crippen LogP contribution in [0.4, 0.5) is 0 Å². The maximum Gasteiger partial charge on any atom is 0.0110 e. The molecule has 110 valence electrons. The normalized spacial score (nSPS) is 30.2. The predicted molar refractivity (Wildman–Crippen MR) is 86.1 cm³/mol. The van der Waals surface area contributed by atoms with Gasteiger partial charge in [-0.15, -0.1) is 0 Å². The fraction of sp³-hybridized carbons (Fsp3) is 0.684. The van der Waals surface area contributed by atoms with E-state index in [0.717, 1.165) is 12.0 Å². The van der Waals surface area contributed by atoms with Crippen LogP contribution in [-0.4, -0.2) is 12.1 Å². The van der Waals surface area contributed by atoms with E-state index < -0.39 is 0 Å². The second-order valence-corrected chi connectivity index (χ2v) is 7.89. The Morgan fingerprint density at radius 2 is 1.75 bits per heavy atom. The molecule has 1 aliphatic carbocycles. The third kappa shape index (κ3) is 3.09. The molecular weight excluding hydrogens is 242 g/mol. The minimum atomic E-state index is 0.263. The van der Waals surface area contributed by atoms with Gasteiger partial charge in [0.25, 0.3) is 0 Å². The highest BCUT2D eigenvalue weighted by Crippen LogP contribution is 2.34. The second kappa shape index (κ2) is 5.52. The first-order valence-electron chi connectivity index (χ1n) is 8.38. The van der Waals surface area contributed by atoms with Gasteiger partial charge in [0.1, 0.15) is 0 Å². The van der Waals surface area contributed by atoms with E-state index in [1.165, 1.54) is 49.7 Å². The highest BCUT2D eigenvalue weighted by Gasteiger charge is 2.33. The van der Waals surface area contributed by atoms with E-state index in [1.54, 1.807) is 0 Å². The lowest BCUT2D eigenvalue weighted by atomic mass is 9.85. The summed E-state index contributed by atoms with van der Waals surface area (Å²) in [6.07, 6.45) is 8.32. The molecular formula is C19H29N. The summed E-state index contributed by atoms with van der Waals surface area (Å²) >= 11 is 0. The van der Waals surface area contributed by atoms with Crippen LogP contribution in [0.2, 0.25) is 0 Å². The Bertz CT molecular complexity index is 440. The minimum absolute atomic E-state index is 0.263. The van der Waals surface area contributed by atoms with Gasteiger partial charge in [-0.25, -0.2) is 0 Å². The highest BCUT2D eigenvalue weighted by atomic mass is 15.0. The molecule has 1 aromatic rings. The van der Waals surface area contributed by atoms with Gasteiger partial charge in [-0.2, -0.15) is 0 Å². The molecule has 20 heavy (non-hydrogen) atoms. The summed E-state index contributed by atoms with van der Waals surface area (Å²) in [7, 11) is 0. The molecule has 0 radical (unpaired) electrons. The average Bonchev–Trinajstić information content (AvgIpc) is 2.86. The molecule has 1 saturated heterocycles. The van der Waals surface area contributed by atoms with Crippen molar-refractivity contribution < 1.29 is 0 Å². The van der Waals surface area contributed by atoms with Crippen LogP contribution in [0.5, 0.6) is 0 Å². The zero-order valence-corrected chi connectivity index (χ0v) is 13.3. The first-order chi connectivity index (χ1) is 9.52. The number of benzene rings is 1. The Balaban J connectivity index is 1.60. The van der Waals surface area contributed by atoms with Crippen molar-refractivity contribution >= 4 is 0 Å². The van der Waals surface area contributed by atoms with Gasteiger partial charge in [-0.1, -0.05) is 51.5 Å². The summed E-state index contributed by atoms with van der Waals surface area (Å²) < 4.78 is 0. The van der Waals surface area contributed by atoms with Crippen molar-refractivity contribution in [2.75, 3.05) is 0 Å². The molecule has 1 aliphatic heterocycles. The molecule has 3 rings (SSSR count). The maximum atomic E-state index is 3.91. The molecule has 0 spiro atoms. The molecule has 1 heteroatoms. The van der Waals surface area contributed by atoms with Gasteiger partial charge in [0.2, 0.25) is 0 Å². The van der Waals surface area contributed by atoms with E-state index in [4.69, 9.17) is 0 Å². The van der Waals surface area contributed by atoms with Crippen LogP contribution >= 0.6 is 0 Å². The lowest BCUT2D eigenvalue weighted by molar-refractivity contribution is 0.257. The van der Waals surface area contributed by atoms with Crippen molar-refractivity contribution in [3.63, 3.8) is 0 Å². The Hall–Kier alpha value is -0.820. The zero-order valence-electron chi connectivity index (χ0n) is 13.3. The number of nitrogens with one attached hydrogen (secondary N) is 1. The summed E-state index contributed by atoms with van der Waals surface area (Å²) in [4.78, 5) is 0. The lowest BCUT2D eigenvalue weighted by Crippen LogP contribution is -2.46. The third-order valence-electron chi connectivity index (χ3n) is 5.30. The van der Waals surface area contributed by atoms with Gasteiger partial charge in [0, 0.05) is 12.1 Å². The van der Waals surface area contributed by atoms with Crippen LogP contribution in [-0.2, 0) is 11.8 Å². The lowest BCUT2D eigenvalue weighted by Gasteiger charge is -2.33. The van der Waals surface area contributed by atoms with Gasteiger partial charge in [0.15, 0.2) is 0 Å². The predicted octanol–water partition coefficient (Wildman–Crippen LogP) is 4.45. The largest absolute Gasteiger partial charge is 0.311 e. The molecule has 1 saturated carbocycles. The van der Waals surface area contributed by atoms with E-state index in [2.05, 4.69) is 50.4 Å². The number of rotatable bonds is 2. The third-order valence-corrected chi connectivity index (χ3v) is 5.30. The Kier molecular flexibility index (Phi) is 3.90. The molecule has 0 bridgehead atoms. The van der Waals surface area contributed by atoms with Crippen LogP contribution in [0, 0.1) is 5.92 Å². The molecule has 2 fully saturated rings. The number of hydrogen-bond acceptors (Lipinski definition) is 1. The molecule has 1 N–H and O–H groups in total. The Morgan fingerprint density at radius 1 is 1.00 bits per heavy atom. The standard InChI is InChI=1S/C19H29N/c1-19(2,3)16-10-7-14(8-11-16)13-17-12-9-15-5-4-6-18(15)20-17/h7-8,10-11,15,17-18,20H,4-6,9,12-13H2,1-3H3. The van der Waals surface area contributed by atoms with Gasteiger partial charge in [-0.3, -0.25) is 0 Å². The topological polar surface area (TPSA) is 12.0 Å². The van der Waals surface area contributed by atoms with E-state index in [1.807, 2.05) is 0 Å². The van der Waals surface area contributed by atoms with Crippen molar-refractivity contribution in [1.82, 2.24) is 5.32 Å². The molecule has 1 heterocycles. The van der Waals surface area contributed by atoms with Gasteiger partial charge in [0.05, 0.1) is 0 Å². The van der Waals surface area contributed by atoms with Crippen molar-refractivity contribution in [2.24, 2.45) is 5.92 Å². The van der Waals surface area contributed by atoms with Crippen LogP contribution in [0.3, 0.4) is 0 Å². The molecule has 0 amide bonds. The average molecular weight is 271 g/mol. The number of piperidine rings is 1. The fourth-order valence-electron chi connectivity index (χ4n) is 3.99. The highest BCUT2D eigenvalue weighted by molar-refractivity contribution is 5.28. The Labute approximate surface area is 124 Å². The van der Waals surface area contributed by atoms with Gasteiger partial charge >= 0.3 is 0 Å². The van der Waals surface area contributed by atoms with E-state index in [9.17, 15) is 0 Å². The van der Waals surface area contributed by atoms with Crippen LogP contribution in [0.25, 0.3) is 0 Å². The summed E-state index contributed by atoms with van der Waals surface area (Å²) in [5.74, 6) is 0.981. The minimum Gasteiger partial charge on any atom is -0.311 e. The van der Waals surface area contributed by atoms with Crippen molar-refractivity contribution in [3.8, 4) is 0 Å². The van der Waals surface area contributed by atoms with Gasteiger partial charge in [-0.05, 0) is 54.6 Å².